The Kier molecular flexibility index (Phi) is 3.47. The Morgan fingerprint density at radius 3 is 2.42 bits per heavy atom. The first-order chi connectivity index (χ1) is 12.5. The number of rotatable bonds is 3. The van der Waals surface area contributed by atoms with Gasteiger partial charge in [0.15, 0.2) is 0 Å². The minimum absolute atomic E-state index is 0.0204. The number of benzene rings is 3. The molecule has 0 spiro atoms. The molecule has 0 atom stereocenters. The van der Waals surface area contributed by atoms with Crippen molar-refractivity contribution < 1.29 is 24.2 Å². The number of hydrogen-bond acceptors (Lipinski definition) is 5. The summed E-state index contributed by atoms with van der Waals surface area (Å²) in [7, 11) is 1.49. The summed E-state index contributed by atoms with van der Waals surface area (Å²) in [6.07, 6.45) is 0. The minimum Gasteiger partial charge on any atom is -0.545 e. The zero-order valence-corrected chi connectivity index (χ0v) is 13.7. The van der Waals surface area contributed by atoms with Gasteiger partial charge in [0.25, 0.3) is 11.8 Å². The molecule has 0 unspecified atom stereocenters. The summed E-state index contributed by atoms with van der Waals surface area (Å²) < 4.78 is 5.25. The van der Waals surface area contributed by atoms with Gasteiger partial charge in [0.1, 0.15) is 5.75 Å². The molecule has 128 valence electrons. The molecule has 0 aliphatic carbocycles. The summed E-state index contributed by atoms with van der Waals surface area (Å²) >= 11 is 0. The van der Waals surface area contributed by atoms with Gasteiger partial charge in [-0.25, -0.2) is 4.90 Å². The number of anilines is 1. The zero-order valence-electron chi connectivity index (χ0n) is 13.7. The van der Waals surface area contributed by atoms with Crippen LogP contribution in [0.15, 0.2) is 54.6 Å². The van der Waals surface area contributed by atoms with Crippen molar-refractivity contribution in [1.29, 1.82) is 0 Å². The van der Waals surface area contributed by atoms with Gasteiger partial charge in [-0.1, -0.05) is 30.3 Å². The Bertz CT molecular complexity index is 1100. The highest BCUT2D eigenvalue weighted by Crippen LogP contribution is 2.36. The highest BCUT2D eigenvalue weighted by molar-refractivity contribution is 6.36. The van der Waals surface area contributed by atoms with Crippen molar-refractivity contribution in [2.75, 3.05) is 12.0 Å². The second kappa shape index (κ2) is 5.70. The fourth-order valence-electron chi connectivity index (χ4n) is 3.26. The van der Waals surface area contributed by atoms with Crippen LogP contribution in [-0.2, 0) is 0 Å². The number of aromatic carboxylic acids is 1. The third-order valence-corrected chi connectivity index (χ3v) is 4.42. The number of hydrogen-bond donors (Lipinski definition) is 0. The van der Waals surface area contributed by atoms with Crippen molar-refractivity contribution in [1.82, 2.24) is 0 Å². The zero-order chi connectivity index (χ0) is 18.4. The number of carbonyl (C=O) groups excluding carboxylic acids is 3. The monoisotopic (exact) mass is 346 g/mol. The van der Waals surface area contributed by atoms with Crippen LogP contribution in [0.1, 0.15) is 31.1 Å². The molecule has 0 saturated carbocycles. The standard InChI is InChI=1S/C20H13NO5/c1-26-12-9-11-5-4-7-14-17(11)15(10-12)19(23)21(18(14)22)16-8-3-2-6-13(16)20(24)25/h2-10H,1H3,(H,24,25)/p-1. The van der Waals surface area contributed by atoms with E-state index >= 15 is 0 Å². The number of nitrogens with zero attached hydrogens (tertiary/aromatic N) is 1. The van der Waals surface area contributed by atoms with Crippen molar-refractivity contribution in [3.63, 3.8) is 0 Å². The molecule has 3 aromatic carbocycles. The predicted molar refractivity (Wildman–Crippen MR) is 92.4 cm³/mol. The number of ether oxygens (including phenoxy) is 1. The summed E-state index contributed by atoms with van der Waals surface area (Å²) in [6.45, 7) is 0. The second-order valence-corrected chi connectivity index (χ2v) is 5.83. The highest BCUT2D eigenvalue weighted by atomic mass is 16.5. The molecule has 0 N–H and O–H groups in total. The van der Waals surface area contributed by atoms with E-state index in [0.29, 0.717) is 22.1 Å². The van der Waals surface area contributed by atoms with E-state index in [1.165, 1.54) is 25.3 Å². The van der Waals surface area contributed by atoms with E-state index in [1.54, 1.807) is 36.4 Å². The first kappa shape index (κ1) is 15.8. The lowest BCUT2D eigenvalue weighted by atomic mass is 9.93. The van der Waals surface area contributed by atoms with Gasteiger partial charge in [-0.3, -0.25) is 9.59 Å². The summed E-state index contributed by atoms with van der Waals surface area (Å²) in [5, 5.41) is 12.7. The summed E-state index contributed by atoms with van der Waals surface area (Å²) in [5.41, 5.74) is 0.358. The molecule has 1 heterocycles. The van der Waals surface area contributed by atoms with Gasteiger partial charge < -0.3 is 14.6 Å². The smallest absolute Gasteiger partial charge is 0.266 e. The average Bonchev–Trinajstić information content (AvgIpc) is 2.65. The Morgan fingerprint density at radius 2 is 1.69 bits per heavy atom. The molecule has 2 amide bonds. The van der Waals surface area contributed by atoms with E-state index in [1.807, 2.05) is 0 Å². The lowest BCUT2D eigenvalue weighted by Gasteiger charge is -2.29. The summed E-state index contributed by atoms with van der Waals surface area (Å²) in [4.78, 5) is 38.4. The molecule has 0 radical (unpaired) electrons. The van der Waals surface area contributed by atoms with Crippen LogP contribution < -0.4 is 14.7 Å². The van der Waals surface area contributed by atoms with E-state index < -0.39 is 17.8 Å². The van der Waals surface area contributed by atoms with Crippen molar-refractivity contribution in [2.45, 2.75) is 0 Å². The van der Waals surface area contributed by atoms with Crippen LogP contribution in [0.25, 0.3) is 10.8 Å². The summed E-state index contributed by atoms with van der Waals surface area (Å²) in [6, 6.07) is 14.2. The number of carbonyl (C=O) groups is 3. The molecule has 4 rings (SSSR count). The third kappa shape index (κ3) is 2.16. The average molecular weight is 346 g/mol. The Morgan fingerprint density at radius 1 is 0.962 bits per heavy atom. The maximum Gasteiger partial charge on any atom is 0.266 e. The van der Waals surface area contributed by atoms with E-state index in [0.717, 1.165) is 4.90 Å². The molecular formula is C20H12NO5-. The second-order valence-electron chi connectivity index (χ2n) is 5.83. The molecule has 3 aromatic rings. The fourth-order valence-corrected chi connectivity index (χ4v) is 3.26. The lowest BCUT2D eigenvalue weighted by Crippen LogP contribution is -2.42. The van der Waals surface area contributed by atoms with Gasteiger partial charge in [-0.15, -0.1) is 0 Å². The quantitative estimate of drug-likeness (QED) is 0.677. The molecule has 1 aliphatic heterocycles. The largest absolute Gasteiger partial charge is 0.545 e. The van der Waals surface area contributed by atoms with Crippen LogP contribution in [0, 0.1) is 0 Å². The lowest BCUT2D eigenvalue weighted by molar-refractivity contribution is -0.254. The Balaban J connectivity index is 2.01. The predicted octanol–water partition coefficient (Wildman–Crippen LogP) is 2.01. The normalized spacial score (nSPS) is 13.2. The van der Waals surface area contributed by atoms with Crippen LogP contribution in [0.2, 0.25) is 0 Å². The van der Waals surface area contributed by atoms with Crippen LogP contribution in [-0.4, -0.2) is 24.9 Å². The third-order valence-electron chi connectivity index (χ3n) is 4.42. The van der Waals surface area contributed by atoms with Crippen LogP contribution in [0.5, 0.6) is 5.75 Å². The van der Waals surface area contributed by atoms with E-state index in [9.17, 15) is 19.5 Å². The Labute approximate surface area is 148 Å². The van der Waals surface area contributed by atoms with Crippen molar-refractivity contribution in [2.24, 2.45) is 0 Å². The molecule has 1 aliphatic rings. The Hall–Kier alpha value is -3.67. The first-order valence-corrected chi connectivity index (χ1v) is 7.83. The van der Waals surface area contributed by atoms with Gasteiger partial charge in [-0.05, 0) is 29.7 Å². The van der Waals surface area contributed by atoms with Gasteiger partial charge in [-0.2, -0.15) is 0 Å². The number of carboxylic acids is 1. The molecule has 0 fully saturated rings. The minimum atomic E-state index is -1.46. The van der Waals surface area contributed by atoms with Gasteiger partial charge in [0.05, 0.1) is 24.3 Å². The van der Waals surface area contributed by atoms with Crippen molar-refractivity contribution >= 4 is 34.2 Å². The van der Waals surface area contributed by atoms with Crippen LogP contribution in [0.3, 0.4) is 0 Å². The molecular weight excluding hydrogens is 334 g/mol. The SMILES string of the molecule is COc1cc2c3c(cccc3c1)C(=O)N(c1ccccc1C(=O)[O-])C2=O. The van der Waals surface area contributed by atoms with Crippen LogP contribution >= 0.6 is 0 Å². The van der Waals surface area contributed by atoms with Crippen molar-refractivity contribution in [3.05, 3.63) is 71.3 Å². The highest BCUT2D eigenvalue weighted by Gasteiger charge is 2.35. The van der Waals surface area contributed by atoms with E-state index in [2.05, 4.69) is 0 Å². The maximum atomic E-state index is 13.1. The first-order valence-electron chi connectivity index (χ1n) is 7.83. The molecule has 0 bridgehead atoms. The van der Waals surface area contributed by atoms with Crippen LogP contribution in [0.4, 0.5) is 5.69 Å². The fraction of sp³-hybridized carbons (Fsp3) is 0.0500. The molecule has 6 heteroatoms. The number of para-hydroxylation sites is 1. The maximum absolute atomic E-state index is 13.1. The molecule has 0 saturated heterocycles. The number of carboxylic acid groups (broad SMARTS) is 1. The van der Waals surface area contributed by atoms with Crippen molar-refractivity contribution in [3.8, 4) is 5.75 Å². The number of imide groups is 1. The van der Waals surface area contributed by atoms with E-state index in [4.69, 9.17) is 4.74 Å². The van der Waals surface area contributed by atoms with E-state index in [-0.39, 0.29) is 16.8 Å². The molecule has 6 nitrogen and oxygen atoms in total. The number of methoxy groups -OCH3 is 1. The molecule has 26 heavy (non-hydrogen) atoms. The van der Waals surface area contributed by atoms with Gasteiger partial charge in [0.2, 0.25) is 0 Å². The molecule has 0 aromatic heterocycles. The number of amides is 2. The van der Waals surface area contributed by atoms with Gasteiger partial charge >= 0.3 is 0 Å². The van der Waals surface area contributed by atoms with Gasteiger partial charge in [0, 0.05) is 16.5 Å². The summed E-state index contributed by atoms with van der Waals surface area (Å²) in [5.74, 6) is -2.17. The topological polar surface area (TPSA) is 86.7 Å².